The first kappa shape index (κ1) is 11.9. The molecule has 0 heterocycles. The molecule has 2 rings (SSSR count). The molecule has 0 atom stereocenters. The lowest BCUT2D eigenvalue weighted by atomic mass is 9.91. The molecule has 1 aliphatic carbocycles. The van der Waals surface area contributed by atoms with Crippen LogP contribution < -0.4 is 0 Å². The van der Waals surface area contributed by atoms with Crippen LogP contribution in [-0.2, 0) is 16.4 Å². The summed E-state index contributed by atoms with van der Waals surface area (Å²) in [6.45, 7) is 0. The second-order valence-electron chi connectivity index (χ2n) is 4.07. The van der Waals surface area contributed by atoms with E-state index in [1.165, 1.54) is 0 Å². The summed E-state index contributed by atoms with van der Waals surface area (Å²) in [5, 5.41) is 8.95. The predicted octanol–water partition coefficient (Wildman–Crippen LogP) is 2.96. The fourth-order valence-electron chi connectivity index (χ4n) is 1.88. The van der Waals surface area contributed by atoms with E-state index in [0.717, 1.165) is 0 Å². The molecule has 1 N–H and O–H groups in total. The molecule has 1 fully saturated rings. The lowest BCUT2D eigenvalue weighted by Gasteiger charge is -2.17. The van der Waals surface area contributed by atoms with Crippen LogP contribution in [0, 0.1) is 5.82 Å². The average Bonchev–Trinajstić information content (AvgIpc) is 2.95. The van der Waals surface area contributed by atoms with Crippen molar-refractivity contribution in [2.75, 3.05) is 0 Å². The van der Waals surface area contributed by atoms with Crippen LogP contribution in [0.5, 0.6) is 0 Å². The van der Waals surface area contributed by atoms with E-state index in [4.69, 9.17) is 5.11 Å². The third-order valence-corrected chi connectivity index (χ3v) is 2.96. The monoisotopic (exact) mass is 248 g/mol. The minimum atomic E-state index is -4.67. The van der Waals surface area contributed by atoms with Gasteiger partial charge in [0.25, 0.3) is 0 Å². The van der Waals surface area contributed by atoms with Gasteiger partial charge in [-0.3, -0.25) is 4.79 Å². The number of benzene rings is 1. The third kappa shape index (κ3) is 1.87. The zero-order valence-electron chi connectivity index (χ0n) is 8.51. The van der Waals surface area contributed by atoms with Crippen molar-refractivity contribution in [3.63, 3.8) is 0 Å². The molecule has 0 spiro atoms. The van der Waals surface area contributed by atoms with Gasteiger partial charge in [0.1, 0.15) is 5.82 Å². The Hall–Kier alpha value is -1.59. The van der Waals surface area contributed by atoms with Gasteiger partial charge in [-0.1, -0.05) is 0 Å². The van der Waals surface area contributed by atoms with E-state index in [2.05, 4.69) is 0 Å². The molecule has 1 aliphatic rings. The van der Waals surface area contributed by atoms with Crippen molar-refractivity contribution in [1.82, 2.24) is 0 Å². The highest BCUT2D eigenvalue weighted by atomic mass is 19.4. The first-order valence-corrected chi connectivity index (χ1v) is 4.88. The molecule has 1 saturated carbocycles. The molecule has 0 saturated heterocycles. The fourth-order valence-corrected chi connectivity index (χ4v) is 1.88. The van der Waals surface area contributed by atoms with Crippen LogP contribution in [0.4, 0.5) is 17.6 Å². The van der Waals surface area contributed by atoms with E-state index in [0.29, 0.717) is 18.2 Å². The highest BCUT2D eigenvalue weighted by molar-refractivity contribution is 5.85. The molecule has 17 heavy (non-hydrogen) atoms. The number of hydrogen-bond acceptors (Lipinski definition) is 1. The Labute approximate surface area is 93.9 Å². The van der Waals surface area contributed by atoms with Gasteiger partial charge in [-0.2, -0.15) is 13.2 Å². The van der Waals surface area contributed by atoms with Crippen molar-refractivity contribution in [3.8, 4) is 0 Å². The number of carbonyl (C=O) groups is 1. The van der Waals surface area contributed by atoms with Crippen molar-refractivity contribution in [3.05, 3.63) is 35.1 Å². The van der Waals surface area contributed by atoms with E-state index in [1.807, 2.05) is 0 Å². The maximum absolute atomic E-state index is 13.0. The van der Waals surface area contributed by atoms with E-state index in [-0.39, 0.29) is 12.8 Å². The fraction of sp³-hybridized carbons (Fsp3) is 0.364. The number of carboxylic acid groups (broad SMARTS) is 1. The molecule has 0 aliphatic heterocycles. The third-order valence-electron chi connectivity index (χ3n) is 2.96. The van der Waals surface area contributed by atoms with Gasteiger partial charge < -0.3 is 5.11 Å². The zero-order chi connectivity index (χ0) is 12.8. The van der Waals surface area contributed by atoms with E-state index in [9.17, 15) is 22.4 Å². The first-order valence-electron chi connectivity index (χ1n) is 4.88. The summed E-state index contributed by atoms with van der Waals surface area (Å²) >= 11 is 0. The standard InChI is InChI=1S/C11H8F4O2/c12-6-1-2-7(11(13,14)15)8(5-6)10(3-4-10)9(16)17/h1-2,5H,3-4H2,(H,16,17). The van der Waals surface area contributed by atoms with Crippen molar-refractivity contribution >= 4 is 5.97 Å². The SMILES string of the molecule is O=C(O)C1(c2cc(F)ccc2C(F)(F)F)CC1. The maximum atomic E-state index is 13.0. The van der Waals surface area contributed by atoms with Gasteiger partial charge in [-0.05, 0) is 36.6 Å². The van der Waals surface area contributed by atoms with Crippen LogP contribution in [0.25, 0.3) is 0 Å². The Morgan fingerprint density at radius 3 is 2.29 bits per heavy atom. The molecule has 0 bridgehead atoms. The number of hydrogen-bond donors (Lipinski definition) is 1. The lowest BCUT2D eigenvalue weighted by molar-refractivity contribution is -0.142. The summed E-state index contributed by atoms with van der Waals surface area (Å²) in [5.41, 5.74) is -3.11. The van der Waals surface area contributed by atoms with Crippen molar-refractivity contribution in [1.29, 1.82) is 0 Å². The molecule has 0 radical (unpaired) electrons. The molecule has 0 amide bonds. The van der Waals surface area contributed by atoms with Crippen LogP contribution in [0.2, 0.25) is 0 Å². The van der Waals surface area contributed by atoms with E-state index >= 15 is 0 Å². The smallest absolute Gasteiger partial charge is 0.416 e. The predicted molar refractivity (Wildman–Crippen MR) is 49.9 cm³/mol. The van der Waals surface area contributed by atoms with Crippen molar-refractivity contribution < 1.29 is 27.5 Å². The number of aliphatic carboxylic acids is 1. The minimum Gasteiger partial charge on any atom is -0.481 e. The van der Waals surface area contributed by atoms with Gasteiger partial charge in [0.2, 0.25) is 0 Å². The molecule has 92 valence electrons. The highest BCUT2D eigenvalue weighted by Crippen LogP contribution is 2.52. The Balaban J connectivity index is 2.60. The molecule has 2 nitrogen and oxygen atoms in total. The second kappa shape index (κ2) is 3.45. The summed E-state index contributed by atoms with van der Waals surface area (Å²) in [5.74, 6) is -2.20. The molecular formula is C11H8F4O2. The largest absolute Gasteiger partial charge is 0.481 e. The molecule has 1 aromatic rings. The summed E-state index contributed by atoms with van der Waals surface area (Å²) in [6.07, 6.45) is -4.46. The normalized spacial score (nSPS) is 17.9. The molecule has 0 unspecified atom stereocenters. The Kier molecular flexibility index (Phi) is 2.41. The van der Waals surface area contributed by atoms with E-state index in [1.54, 1.807) is 0 Å². The Morgan fingerprint density at radius 1 is 1.29 bits per heavy atom. The van der Waals surface area contributed by atoms with Gasteiger partial charge in [0.05, 0.1) is 11.0 Å². The zero-order valence-corrected chi connectivity index (χ0v) is 8.51. The molecule has 1 aromatic carbocycles. The number of carboxylic acids is 1. The van der Waals surface area contributed by atoms with Gasteiger partial charge in [0, 0.05) is 0 Å². The molecule has 0 aromatic heterocycles. The van der Waals surface area contributed by atoms with Gasteiger partial charge in [-0.15, -0.1) is 0 Å². The quantitative estimate of drug-likeness (QED) is 0.817. The summed E-state index contributed by atoms with van der Waals surface area (Å²) in [6, 6.07) is 1.95. The second-order valence-corrected chi connectivity index (χ2v) is 4.07. The molecule has 6 heteroatoms. The van der Waals surface area contributed by atoms with E-state index < -0.39 is 34.5 Å². The Bertz CT molecular complexity index is 475. The number of halogens is 4. The summed E-state index contributed by atoms with van der Waals surface area (Å²) in [4.78, 5) is 11.0. The topological polar surface area (TPSA) is 37.3 Å². The summed E-state index contributed by atoms with van der Waals surface area (Å²) < 4.78 is 51.1. The van der Waals surface area contributed by atoms with Gasteiger partial charge in [0.15, 0.2) is 0 Å². The highest BCUT2D eigenvalue weighted by Gasteiger charge is 2.55. The van der Waals surface area contributed by atoms with Crippen LogP contribution in [0.15, 0.2) is 18.2 Å². The minimum absolute atomic E-state index is 0.106. The average molecular weight is 248 g/mol. The number of rotatable bonds is 2. The van der Waals surface area contributed by atoms with Crippen LogP contribution in [0.1, 0.15) is 24.0 Å². The van der Waals surface area contributed by atoms with Gasteiger partial charge >= 0.3 is 12.1 Å². The van der Waals surface area contributed by atoms with Crippen molar-refractivity contribution in [2.45, 2.75) is 24.4 Å². The van der Waals surface area contributed by atoms with Crippen LogP contribution >= 0.6 is 0 Å². The Morgan fingerprint density at radius 2 is 1.88 bits per heavy atom. The number of alkyl halides is 3. The van der Waals surface area contributed by atoms with Crippen molar-refractivity contribution in [2.24, 2.45) is 0 Å². The maximum Gasteiger partial charge on any atom is 0.416 e. The first-order chi connectivity index (χ1) is 7.77. The van der Waals surface area contributed by atoms with Gasteiger partial charge in [-0.25, -0.2) is 4.39 Å². The van der Waals surface area contributed by atoms with Crippen LogP contribution in [0.3, 0.4) is 0 Å². The summed E-state index contributed by atoms with van der Waals surface area (Å²) in [7, 11) is 0. The lowest BCUT2D eigenvalue weighted by Crippen LogP contribution is -2.24. The van der Waals surface area contributed by atoms with Crippen LogP contribution in [-0.4, -0.2) is 11.1 Å². The molecular weight excluding hydrogens is 240 g/mol.